The lowest BCUT2D eigenvalue weighted by Crippen LogP contribution is -2.37. The van der Waals surface area contributed by atoms with Crippen LogP contribution >= 0.6 is 0 Å². The Morgan fingerprint density at radius 1 is 1.17 bits per heavy atom. The van der Waals surface area contributed by atoms with Crippen LogP contribution in [0.3, 0.4) is 0 Å². The van der Waals surface area contributed by atoms with E-state index >= 15 is 0 Å². The summed E-state index contributed by atoms with van der Waals surface area (Å²) in [6.45, 7) is 9.75. The first-order valence-corrected chi connectivity index (χ1v) is 12.0. The summed E-state index contributed by atoms with van der Waals surface area (Å²) >= 11 is 0. The number of rotatable bonds is 4. The van der Waals surface area contributed by atoms with E-state index in [1.165, 1.54) is 0 Å². The average Bonchev–Trinajstić information content (AvgIpc) is 3.52. The van der Waals surface area contributed by atoms with Crippen molar-refractivity contribution in [3.63, 3.8) is 0 Å². The number of ether oxygens (including phenoxy) is 2. The van der Waals surface area contributed by atoms with E-state index in [1.54, 1.807) is 12.4 Å². The first kappa shape index (κ1) is 23.1. The van der Waals surface area contributed by atoms with Crippen molar-refractivity contribution in [1.82, 2.24) is 24.6 Å². The molecular weight excluding hydrogens is 444 g/mol. The molecule has 3 aromatic rings. The average molecular weight is 477 g/mol. The molecule has 2 aliphatic heterocycles. The summed E-state index contributed by atoms with van der Waals surface area (Å²) in [4.78, 5) is 23.2. The van der Waals surface area contributed by atoms with E-state index in [9.17, 15) is 4.79 Å². The zero-order chi connectivity index (χ0) is 24.8. The number of anilines is 1. The highest BCUT2D eigenvalue weighted by Crippen LogP contribution is 2.44. The first-order valence-electron chi connectivity index (χ1n) is 12.0. The molecule has 0 aromatic carbocycles. The minimum Gasteiger partial charge on any atom is -0.481 e. The summed E-state index contributed by atoms with van der Waals surface area (Å²) in [5.41, 5.74) is 9.13. The highest BCUT2D eigenvalue weighted by molar-refractivity contribution is 5.69. The number of hydrogen-bond donors (Lipinski definition) is 1. The molecule has 9 nitrogen and oxygen atoms in total. The fourth-order valence-corrected chi connectivity index (χ4v) is 4.93. The lowest BCUT2D eigenvalue weighted by atomic mass is 9.82. The Hall–Kier alpha value is -3.62. The quantitative estimate of drug-likeness (QED) is 0.596. The van der Waals surface area contributed by atoms with Crippen LogP contribution in [-0.4, -0.2) is 49.4 Å². The number of amides is 1. The van der Waals surface area contributed by atoms with Crippen LogP contribution in [0.25, 0.3) is 11.3 Å². The second-order valence-electron chi connectivity index (χ2n) is 10.4. The highest BCUT2D eigenvalue weighted by Gasteiger charge is 2.47. The Morgan fingerprint density at radius 3 is 2.71 bits per heavy atom. The Kier molecular flexibility index (Phi) is 5.65. The molecule has 2 aliphatic rings. The molecular formula is C26H32N6O3. The summed E-state index contributed by atoms with van der Waals surface area (Å²) in [7, 11) is 0. The predicted octanol–water partition coefficient (Wildman–Crippen LogP) is 4.34. The second kappa shape index (κ2) is 8.55. The van der Waals surface area contributed by atoms with Crippen LogP contribution in [0.2, 0.25) is 0 Å². The van der Waals surface area contributed by atoms with E-state index in [0.29, 0.717) is 24.7 Å². The van der Waals surface area contributed by atoms with E-state index < -0.39 is 5.60 Å². The second-order valence-corrected chi connectivity index (χ2v) is 10.4. The number of nitrogens with zero attached hydrogens (tertiary/aromatic N) is 5. The molecule has 1 fully saturated rings. The molecule has 2 N–H and O–H groups in total. The molecule has 35 heavy (non-hydrogen) atoms. The van der Waals surface area contributed by atoms with E-state index in [0.717, 1.165) is 42.0 Å². The van der Waals surface area contributed by atoms with Gasteiger partial charge in [0.25, 0.3) is 0 Å². The SMILES string of the molecule is C[C@H](Oc1cc(-c2cc3n(n2)CCC32CCN(C(=O)OC(C)(C)C)C2)cnc1N)c1ccccn1. The van der Waals surface area contributed by atoms with Gasteiger partial charge >= 0.3 is 6.09 Å². The Labute approximate surface area is 205 Å². The van der Waals surface area contributed by atoms with Crippen molar-refractivity contribution in [2.45, 2.75) is 64.2 Å². The Morgan fingerprint density at radius 2 is 1.97 bits per heavy atom. The number of carbonyl (C=O) groups excluding carboxylic acids is 1. The summed E-state index contributed by atoms with van der Waals surface area (Å²) < 4.78 is 13.8. The number of nitrogen functional groups attached to an aromatic ring is 1. The summed E-state index contributed by atoms with van der Waals surface area (Å²) in [5.74, 6) is 0.823. The summed E-state index contributed by atoms with van der Waals surface area (Å²) in [6.07, 6.45) is 4.79. The topological polar surface area (TPSA) is 108 Å². The van der Waals surface area contributed by atoms with Crippen LogP contribution in [0, 0.1) is 0 Å². The number of nitrogens with two attached hydrogens (primary N) is 1. The molecule has 5 rings (SSSR count). The smallest absolute Gasteiger partial charge is 0.410 e. The molecule has 3 aromatic heterocycles. The van der Waals surface area contributed by atoms with Gasteiger partial charge in [-0.25, -0.2) is 9.78 Å². The van der Waals surface area contributed by atoms with Gasteiger partial charge in [-0.15, -0.1) is 0 Å². The van der Waals surface area contributed by atoms with Crippen LogP contribution in [0.1, 0.15) is 58.0 Å². The molecule has 1 amide bonds. The Bertz CT molecular complexity index is 1240. The van der Waals surface area contributed by atoms with Gasteiger partial charge in [-0.3, -0.25) is 9.67 Å². The molecule has 0 bridgehead atoms. The predicted molar refractivity (Wildman–Crippen MR) is 132 cm³/mol. The molecule has 0 saturated carbocycles. The molecule has 9 heteroatoms. The maximum atomic E-state index is 12.6. The third-order valence-corrected chi connectivity index (χ3v) is 6.72. The van der Waals surface area contributed by atoms with Gasteiger partial charge < -0.3 is 20.1 Å². The van der Waals surface area contributed by atoms with E-state index in [1.807, 2.05) is 56.9 Å². The van der Waals surface area contributed by atoms with Crippen LogP contribution < -0.4 is 10.5 Å². The minimum atomic E-state index is -0.506. The molecule has 1 unspecified atom stereocenters. The van der Waals surface area contributed by atoms with Gasteiger partial charge in [-0.2, -0.15) is 5.10 Å². The first-order chi connectivity index (χ1) is 16.6. The van der Waals surface area contributed by atoms with Gasteiger partial charge in [0.1, 0.15) is 11.7 Å². The fraction of sp³-hybridized carbons (Fsp3) is 0.462. The molecule has 184 valence electrons. The molecule has 1 spiro atoms. The monoisotopic (exact) mass is 476 g/mol. The van der Waals surface area contributed by atoms with Crippen molar-refractivity contribution in [2.24, 2.45) is 0 Å². The standard InChI is InChI=1S/C26H32N6O3/c1-17(19-7-5-6-10-28-19)34-21-13-18(15-29-23(21)27)20-14-22-26(9-12-32(22)30-20)8-11-31(16-26)24(33)35-25(2,3)4/h5-7,10,13-15,17H,8-9,11-12,16H2,1-4H3,(H2,27,29)/t17-,26?/m0/s1. The van der Waals surface area contributed by atoms with Crippen LogP contribution in [0.15, 0.2) is 42.7 Å². The lowest BCUT2D eigenvalue weighted by Gasteiger charge is -2.26. The number of likely N-dealkylation sites (tertiary alicyclic amines) is 1. The van der Waals surface area contributed by atoms with Crippen molar-refractivity contribution in [1.29, 1.82) is 0 Å². The number of aromatic nitrogens is 4. The number of fused-ring (bicyclic) bond motifs is 2. The fourth-order valence-electron chi connectivity index (χ4n) is 4.93. The normalized spacial score (nSPS) is 20.2. The van der Waals surface area contributed by atoms with Crippen molar-refractivity contribution in [2.75, 3.05) is 18.8 Å². The third kappa shape index (κ3) is 4.54. The summed E-state index contributed by atoms with van der Waals surface area (Å²) in [6, 6.07) is 9.71. The zero-order valence-corrected chi connectivity index (χ0v) is 20.7. The van der Waals surface area contributed by atoms with Gasteiger partial charge in [0.15, 0.2) is 11.6 Å². The largest absolute Gasteiger partial charge is 0.481 e. The van der Waals surface area contributed by atoms with Crippen molar-refractivity contribution < 1.29 is 14.3 Å². The minimum absolute atomic E-state index is 0.101. The van der Waals surface area contributed by atoms with Gasteiger partial charge in [0.2, 0.25) is 0 Å². The van der Waals surface area contributed by atoms with E-state index in [-0.39, 0.29) is 17.6 Å². The molecule has 1 saturated heterocycles. The maximum Gasteiger partial charge on any atom is 0.410 e. The van der Waals surface area contributed by atoms with Crippen molar-refractivity contribution in [3.05, 3.63) is 54.1 Å². The molecule has 2 atom stereocenters. The van der Waals surface area contributed by atoms with Crippen LogP contribution in [0.4, 0.5) is 10.6 Å². The number of carbonyl (C=O) groups is 1. The molecule has 0 aliphatic carbocycles. The van der Waals surface area contributed by atoms with E-state index in [2.05, 4.69) is 20.7 Å². The maximum absolute atomic E-state index is 12.6. The zero-order valence-electron chi connectivity index (χ0n) is 20.7. The molecule has 5 heterocycles. The van der Waals surface area contributed by atoms with Crippen molar-refractivity contribution in [3.8, 4) is 17.0 Å². The number of pyridine rings is 2. The number of hydrogen-bond acceptors (Lipinski definition) is 7. The lowest BCUT2D eigenvalue weighted by molar-refractivity contribution is 0.0284. The Balaban J connectivity index is 1.36. The van der Waals surface area contributed by atoms with Gasteiger partial charge in [-0.05, 0) is 64.8 Å². The van der Waals surface area contributed by atoms with Gasteiger partial charge in [0, 0.05) is 48.7 Å². The number of aryl methyl sites for hydroxylation is 1. The van der Waals surface area contributed by atoms with Crippen molar-refractivity contribution >= 4 is 11.9 Å². The van der Waals surface area contributed by atoms with E-state index in [4.69, 9.17) is 20.3 Å². The summed E-state index contributed by atoms with van der Waals surface area (Å²) in [5, 5.41) is 4.85. The van der Waals surface area contributed by atoms with Crippen LogP contribution in [-0.2, 0) is 16.7 Å². The van der Waals surface area contributed by atoms with Crippen LogP contribution in [0.5, 0.6) is 5.75 Å². The van der Waals surface area contributed by atoms with Gasteiger partial charge in [0.05, 0.1) is 11.4 Å². The van der Waals surface area contributed by atoms with Gasteiger partial charge in [-0.1, -0.05) is 6.07 Å². The molecule has 0 radical (unpaired) electrons. The third-order valence-electron chi connectivity index (χ3n) is 6.72. The highest BCUT2D eigenvalue weighted by atomic mass is 16.6.